The zero-order valence-electron chi connectivity index (χ0n) is 11.9. The van der Waals surface area contributed by atoms with E-state index in [0.717, 1.165) is 22.5 Å². The summed E-state index contributed by atoms with van der Waals surface area (Å²) in [7, 11) is 0. The molecule has 0 spiro atoms. The van der Waals surface area contributed by atoms with Crippen molar-refractivity contribution in [3.8, 4) is 28.3 Å². The van der Waals surface area contributed by atoms with Crippen LogP contribution in [0.15, 0.2) is 59.4 Å². The van der Waals surface area contributed by atoms with Crippen molar-refractivity contribution >= 4 is 5.65 Å². The minimum atomic E-state index is 0.143. The van der Waals surface area contributed by atoms with E-state index in [9.17, 15) is 5.11 Å². The van der Waals surface area contributed by atoms with Crippen molar-refractivity contribution in [2.45, 2.75) is 6.92 Å². The third-order valence-electron chi connectivity index (χ3n) is 3.63. The molecule has 0 aliphatic heterocycles. The molecule has 0 unspecified atom stereocenters. The Bertz CT molecular complexity index is 955. The van der Waals surface area contributed by atoms with Crippen molar-refractivity contribution in [1.29, 1.82) is 0 Å². The molecule has 3 heterocycles. The highest BCUT2D eigenvalue weighted by atomic mass is 16.5. The van der Waals surface area contributed by atoms with Crippen molar-refractivity contribution in [1.82, 2.24) is 14.5 Å². The average molecular weight is 291 g/mol. The first-order chi connectivity index (χ1) is 10.7. The molecule has 0 amide bonds. The first-order valence-corrected chi connectivity index (χ1v) is 6.93. The molecule has 0 atom stereocenters. The molecule has 0 saturated heterocycles. The molecule has 108 valence electrons. The Balaban J connectivity index is 1.95. The molecule has 5 nitrogen and oxygen atoms in total. The molecule has 1 aromatic carbocycles. The highest BCUT2D eigenvalue weighted by molar-refractivity contribution is 5.81. The van der Waals surface area contributed by atoms with E-state index in [1.807, 2.05) is 49.6 Å². The molecule has 4 aromatic rings. The van der Waals surface area contributed by atoms with Gasteiger partial charge in [0.1, 0.15) is 11.5 Å². The second kappa shape index (κ2) is 4.73. The quantitative estimate of drug-likeness (QED) is 0.612. The summed E-state index contributed by atoms with van der Waals surface area (Å²) in [6, 6.07) is 13.2. The second-order valence-electron chi connectivity index (χ2n) is 5.08. The van der Waals surface area contributed by atoms with Crippen molar-refractivity contribution in [2.24, 2.45) is 0 Å². The Hall–Kier alpha value is -3.08. The number of fused-ring (bicyclic) bond motifs is 1. The van der Waals surface area contributed by atoms with Gasteiger partial charge in [0.2, 0.25) is 0 Å². The Labute approximate surface area is 126 Å². The summed E-state index contributed by atoms with van der Waals surface area (Å²) >= 11 is 0. The van der Waals surface area contributed by atoms with Crippen LogP contribution >= 0.6 is 0 Å². The number of benzene rings is 1. The van der Waals surface area contributed by atoms with E-state index in [-0.39, 0.29) is 5.75 Å². The summed E-state index contributed by atoms with van der Waals surface area (Å²) in [5.74, 6) is 0.839. The van der Waals surface area contributed by atoms with E-state index in [2.05, 4.69) is 10.1 Å². The standard InChI is InChI=1S/C17H13N3O2/c1-11-15(16(19-22-11)12-6-3-2-4-7-12)13-10-20-9-5-8-14(21)17(20)18-13/h2-10,21H,1H3. The van der Waals surface area contributed by atoms with Gasteiger partial charge in [0.25, 0.3) is 0 Å². The Morgan fingerprint density at radius 3 is 2.68 bits per heavy atom. The molecule has 0 saturated carbocycles. The fourth-order valence-corrected chi connectivity index (χ4v) is 2.59. The van der Waals surface area contributed by atoms with Crippen molar-refractivity contribution in [3.63, 3.8) is 0 Å². The predicted octanol–water partition coefficient (Wildman–Crippen LogP) is 3.67. The van der Waals surface area contributed by atoms with E-state index in [1.165, 1.54) is 0 Å². The smallest absolute Gasteiger partial charge is 0.180 e. The maximum Gasteiger partial charge on any atom is 0.180 e. The lowest BCUT2D eigenvalue weighted by Crippen LogP contribution is -1.84. The van der Waals surface area contributed by atoms with Crippen LogP contribution in [-0.4, -0.2) is 19.6 Å². The average Bonchev–Trinajstić information content (AvgIpc) is 3.12. The van der Waals surface area contributed by atoms with Gasteiger partial charge in [-0.1, -0.05) is 35.5 Å². The summed E-state index contributed by atoms with van der Waals surface area (Å²) in [5, 5.41) is 14.1. The lowest BCUT2D eigenvalue weighted by atomic mass is 10.0. The number of pyridine rings is 1. The summed E-state index contributed by atoms with van der Waals surface area (Å²) < 4.78 is 7.15. The Morgan fingerprint density at radius 1 is 1.09 bits per heavy atom. The van der Waals surface area contributed by atoms with Crippen LogP contribution in [0.2, 0.25) is 0 Å². The molecule has 0 bridgehead atoms. The van der Waals surface area contributed by atoms with Gasteiger partial charge in [0.05, 0.1) is 11.3 Å². The summed E-state index contributed by atoms with van der Waals surface area (Å²) in [5.41, 5.74) is 3.79. The maximum absolute atomic E-state index is 9.92. The molecule has 0 aliphatic carbocycles. The number of aromatic hydroxyl groups is 1. The molecule has 0 aliphatic rings. The van der Waals surface area contributed by atoms with Crippen molar-refractivity contribution in [2.75, 3.05) is 0 Å². The predicted molar refractivity (Wildman–Crippen MR) is 82.5 cm³/mol. The fourth-order valence-electron chi connectivity index (χ4n) is 2.59. The van der Waals surface area contributed by atoms with Crippen molar-refractivity contribution < 1.29 is 9.63 Å². The SMILES string of the molecule is Cc1onc(-c2ccccc2)c1-c1cn2cccc(O)c2n1. The van der Waals surface area contributed by atoms with Gasteiger partial charge in [-0.3, -0.25) is 0 Å². The summed E-state index contributed by atoms with van der Waals surface area (Å²) in [4.78, 5) is 4.51. The van der Waals surface area contributed by atoms with E-state index >= 15 is 0 Å². The van der Waals surface area contributed by atoms with Gasteiger partial charge in [0, 0.05) is 18.0 Å². The monoisotopic (exact) mass is 291 g/mol. The van der Waals surface area contributed by atoms with Crippen LogP contribution in [0, 0.1) is 6.92 Å². The molecule has 5 heteroatoms. The Morgan fingerprint density at radius 2 is 1.91 bits per heavy atom. The van der Waals surface area contributed by atoms with E-state index < -0.39 is 0 Å². The highest BCUT2D eigenvalue weighted by Crippen LogP contribution is 2.34. The molecule has 4 rings (SSSR count). The van der Waals surface area contributed by atoms with Crippen molar-refractivity contribution in [3.05, 3.63) is 60.6 Å². The van der Waals surface area contributed by atoms with Gasteiger partial charge in [-0.2, -0.15) is 0 Å². The van der Waals surface area contributed by atoms with Crippen LogP contribution in [0.1, 0.15) is 5.76 Å². The van der Waals surface area contributed by atoms with Crippen LogP contribution in [0.4, 0.5) is 0 Å². The van der Waals surface area contributed by atoms with Gasteiger partial charge < -0.3 is 14.0 Å². The molecule has 22 heavy (non-hydrogen) atoms. The molecule has 1 N–H and O–H groups in total. The van der Waals surface area contributed by atoms with Gasteiger partial charge in [-0.05, 0) is 19.1 Å². The zero-order chi connectivity index (χ0) is 15.1. The third kappa shape index (κ3) is 1.87. The first kappa shape index (κ1) is 12.6. The number of rotatable bonds is 2. The number of hydrogen-bond acceptors (Lipinski definition) is 4. The van der Waals surface area contributed by atoms with Crippen LogP contribution in [0.3, 0.4) is 0 Å². The van der Waals surface area contributed by atoms with E-state index in [0.29, 0.717) is 11.4 Å². The van der Waals surface area contributed by atoms with Crippen LogP contribution in [-0.2, 0) is 0 Å². The van der Waals surface area contributed by atoms with Crippen LogP contribution < -0.4 is 0 Å². The number of aromatic nitrogens is 3. The maximum atomic E-state index is 9.92. The molecular weight excluding hydrogens is 278 g/mol. The summed E-state index contributed by atoms with van der Waals surface area (Å²) in [6.45, 7) is 1.86. The molecule has 0 radical (unpaired) electrons. The Kier molecular flexibility index (Phi) is 2.72. The molecule has 3 aromatic heterocycles. The first-order valence-electron chi connectivity index (χ1n) is 6.93. The fraction of sp³-hybridized carbons (Fsp3) is 0.0588. The topological polar surface area (TPSA) is 63.6 Å². The highest BCUT2D eigenvalue weighted by Gasteiger charge is 2.19. The largest absolute Gasteiger partial charge is 0.504 e. The minimum Gasteiger partial charge on any atom is -0.504 e. The normalized spacial score (nSPS) is 11.1. The number of hydrogen-bond donors (Lipinski definition) is 1. The van der Waals surface area contributed by atoms with Crippen LogP contribution in [0.25, 0.3) is 28.2 Å². The van der Waals surface area contributed by atoms with Gasteiger partial charge in [-0.15, -0.1) is 0 Å². The van der Waals surface area contributed by atoms with E-state index in [4.69, 9.17) is 4.52 Å². The van der Waals surface area contributed by atoms with E-state index in [1.54, 1.807) is 16.5 Å². The minimum absolute atomic E-state index is 0.143. The number of imidazole rings is 1. The zero-order valence-corrected chi connectivity index (χ0v) is 11.9. The van der Waals surface area contributed by atoms with Gasteiger partial charge in [-0.25, -0.2) is 4.98 Å². The summed E-state index contributed by atoms with van der Waals surface area (Å²) in [6.07, 6.45) is 3.71. The third-order valence-corrected chi connectivity index (χ3v) is 3.63. The second-order valence-corrected chi connectivity index (χ2v) is 5.08. The van der Waals surface area contributed by atoms with Gasteiger partial charge >= 0.3 is 0 Å². The van der Waals surface area contributed by atoms with Crippen LogP contribution in [0.5, 0.6) is 5.75 Å². The van der Waals surface area contributed by atoms with Gasteiger partial charge in [0.15, 0.2) is 11.4 Å². The lowest BCUT2D eigenvalue weighted by molar-refractivity contribution is 0.400. The molecule has 0 fully saturated rings. The number of aryl methyl sites for hydroxylation is 1. The lowest BCUT2D eigenvalue weighted by Gasteiger charge is -1.99. The number of nitrogens with zero attached hydrogens (tertiary/aromatic N) is 3. The molecular formula is C17H13N3O2.